The van der Waals surface area contributed by atoms with Gasteiger partial charge in [-0.3, -0.25) is 0 Å². The topological polar surface area (TPSA) is 77.2 Å². The van der Waals surface area contributed by atoms with Crippen LogP contribution in [0.3, 0.4) is 0 Å². The van der Waals surface area contributed by atoms with Crippen molar-refractivity contribution in [1.82, 2.24) is 4.98 Å². The van der Waals surface area contributed by atoms with Gasteiger partial charge in [0.25, 0.3) is 0 Å². The van der Waals surface area contributed by atoms with Crippen molar-refractivity contribution in [3.05, 3.63) is 17.8 Å². The van der Waals surface area contributed by atoms with Crippen LogP contribution in [0.25, 0.3) is 0 Å². The Balaban J connectivity index is 2.26. The Kier molecular flexibility index (Phi) is 2.60. The quantitative estimate of drug-likeness (QED) is 0.712. The smallest absolute Gasteiger partial charge is 0.212 e. The molecule has 5 nitrogen and oxygen atoms in total. The Hall–Kier alpha value is -1.17. The van der Waals surface area contributed by atoms with E-state index in [-0.39, 0.29) is 18.1 Å². The number of rotatable bonds is 3. The molecule has 1 saturated heterocycles. The van der Waals surface area contributed by atoms with Crippen molar-refractivity contribution in [3.63, 3.8) is 0 Å². The van der Waals surface area contributed by atoms with Crippen LogP contribution >= 0.6 is 0 Å². The fourth-order valence-electron chi connectivity index (χ4n) is 1.72. The highest BCUT2D eigenvalue weighted by Crippen LogP contribution is 2.33. The molecule has 2 rings (SSSR count). The molecule has 1 aromatic heterocycles. The van der Waals surface area contributed by atoms with Crippen molar-refractivity contribution in [2.75, 3.05) is 5.75 Å². The van der Waals surface area contributed by atoms with Gasteiger partial charge in [-0.25, -0.2) is 13.4 Å². The summed E-state index contributed by atoms with van der Waals surface area (Å²) >= 11 is 0. The molecular weight excluding hydrogens is 218 g/mol. The van der Waals surface area contributed by atoms with Crippen LogP contribution in [0, 0.1) is 0 Å². The third-order valence-electron chi connectivity index (χ3n) is 2.46. The summed E-state index contributed by atoms with van der Waals surface area (Å²) in [6.07, 6.45) is 3.46. The van der Waals surface area contributed by atoms with Crippen LogP contribution in [-0.2, 0) is 21.1 Å². The summed E-state index contributed by atoms with van der Waals surface area (Å²) < 4.78 is 28.3. The summed E-state index contributed by atoms with van der Waals surface area (Å²) in [5.74, 6) is 0.842. The zero-order valence-electron chi connectivity index (χ0n) is 8.05. The van der Waals surface area contributed by atoms with Gasteiger partial charge >= 0.3 is 0 Å². The molecule has 1 atom stereocenters. The Morgan fingerprint density at radius 3 is 3.00 bits per heavy atom. The molecule has 0 spiro atoms. The lowest BCUT2D eigenvalue weighted by Gasteiger charge is -2.02. The molecule has 0 radical (unpaired) electrons. The summed E-state index contributed by atoms with van der Waals surface area (Å²) in [5.41, 5.74) is 0. The minimum absolute atomic E-state index is 0.139. The van der Waals surface area contributed by atoms with Crippen LogP contribution in [0.15, 0.2) is 10.6 Å². The van der Waals surface area contributed by atoms with Gasteiger partial charge in [-0.05, 0) is 12.8 Å². The lowest BCUT2D eigenvalue weighted by Crippen LogP contribution is -2.07. The molecule has 1 aliphatic heterocycles. The van der Waals surface area contributed by atoms with Gasteiger partial charge in [-0.1, -0.05) is 0 Å². The average molecular weight is 229 g/mol. The molecule has 0 amide bonds. The fraction of sp³-hybridized carbons (Fsp3) is 0.556. The van der Waals surface area contributed by atoms with E-state index in [4.69, 9.17) is 4.42 Å². The predicted molar refractivity (Wildman–Crippen MR) is 52.0 cm³/mol. The first-order valence-corrected chi connectivity index (χ1v) is 6.45. The number of nitrogens with zero attached hydrogens (tertiary/aromatic N) is 1. The maximum Gasteiger partial charge on any atom is 0.212 e. The van der Waals surface area contributed by atoms with Gasteiger partial charge in [0.2, 0.25) is 5.89 Å². The van der Waals surface area contributed by atoms with Crippen molar-refractivity contribution < 1.29 is 17.6 Å². The number of hydrogen-bond acceptors (Lipinski definition) is 5. The molecule has 1 aromatic rings. The highest BCUT2D eigenvalue weighted by atomic mass is 32.2. The average Bonchev–Trinajstić information content (AvgIpc) is 2.72. The van der Waals surface area contributed by atoms with Gasteiger partial charge in [0.1, 0.15) is 17.3 Å². The summed E-state index contributed by atoms with van der Waals surface area (Å²) in [7, 11) is -3.09. The van der Waals surface area contributed by atoms with E-state index in [1.807, 2.05) is 0 Å². The molecule has 1 unspecified atom stereocenters. The van der Waals surface area contributed by atoms with E-state index in [0.717, 1.165) is 0 Å². The van der Waals surface area contributed by atoms with Gasteiger partial charge < -0.3 is 9.21 Å². The van der Waals surface area contributed by atoms with Crippen LogP contribution in [-0.4, -0.2) is 25.4 Å². The van der Waals surface area contributed by atoms with Crippen molar-refractivity contribution in [2.45, 2.75) is 24.5 Å². The number of carbonyl (C=O) groups excluding carboxylic acids is 1. The van der Waals surface area contributed by atoms with Gasteiger partial charge in [0.15, 0.2) is 9.84 Å². The summed E-state index contributed by atoms with van der Waals surface area (Å²) in [6.45, 7) is 0. The van der Waals surface area contributed by atoms with E-state index in [2.05, 4.69) is 4.98 Å². The molecule has 82 valence electrons. The van der Waals surface area contributed by atoms with Crippen molar-refractivity contribution in [2.24, 2.45) is 0 Å². The zero-order valence-corrected chi connectivity index (χ0v) is 8.87. The van der Waals surface area contributed by atoms with Crippen LogP contribution in [0.2, 0.25) is 0 Å². The number of aldehydes is 1. The van der Waals surface area contributed by atoms with Crippen LogP contribution in [0.4, 0.5) is 0 Å². The predicted octanol–water partition coefficient (Wildman–Crippen LogP) is 0.666. The Bertz CT molecular complexity index is 462. The van der Waals surface area contributed by atoms with E-state index in [1.54, 1.807) is 0 Å². The number of hydrogen-bond donors (Lipinski definition) is 0. The lowest BCUT2D eigenvalue weighted by molar-refractivity contribution is -0.107. The first kappa shape index (κ1) is 10.4. The second-order valence-corrected chi connectivity index (χ2v) is 5.84. The van der Waals surface area contributed by atoms with E-state index in [0.29, 0.717) is 24.9 Å². The first-order valence-electron chi connectivity index (χ1n) is 4.73. The van der Waals surface area contributed by atoms with Crippen LogP contribution < -0.4 is 0 Å². The van der Waals surface area contributed by atoms with Gasteiger partial charge in [0.05, 0.1) is 18.4 Å². The van der Waals surface area contributed by atoms with Crippen molar-refractivity contribution in [1.29, 1.82) is 0 Å². The maximum atomic E-state index is 11.6. The molecule has 0 N–H and O–H groups in total. The monoisotopic (exact) mass is 229 g/mol. The second kappa shape index (κ2) is 3.77. The Morgan fingerprint density at radius 1 is 1.60 bits per heavy atom. The van der Waals surface area contributed by atoms with Gasteiger partial charge in [-0.15, -0.1) is 0 Å². The molecule has 0 saturated carbocycles. The molecule has 0 aliphatic carbocycles. The maximum absolute atomic E-state index is 11.6. The van der Waals surface area contributed by atoms with Crippen LogP contribution in [0.5, 0.6) is 0 Å². The summed E-state index contributed by atoms with van der Waals surface area (Å²) in [4.78, 5) is 14.1. The Morgan fingerprint density at radius 2 is 2.40 bits per heavy atom. The van der Waals surface area contributed by atoms with Gasteiger partial charge in [-0.2, -0.15) is 0 Å². The molecule has 15 heavy (non-hydrogen) atoms. The van der Waals surface area contributed by atoms with Gasteiger partial charge in [0, 0.05) is 0 Å². The highest BCUT2D eigenvalue weighted by Gasteiger charge is 2.36. The highest BCUT2D eigenvalue weighted by molar-refractivity contribution is 7.91. The number of sulfone groups is 1. The van der Waals surface area contributed by atoms with E-state index >= 15 is 0 Å². The number of carbonyl (C=O) groups is 1. The number of aromatic nitrogens is 1. The molecule has 1 fully saturated rings. The normalized spacial score (nSPS) is 24.1. The lowest BCUT2D eigenvalue weighted by atomic mass is 10.2. The summed E-state index contributed by atoms with van der Waals surface area (Å²) in [6, 6.07) is 0. The minimum Gasteiger partial charge on any atom is -0.444 e. The van der Waals surface area contributed by atoms with Crippen LogP contribution in [0.1, 0.15) is 29.7 Å². The molecule has 6 heteroatoms. The first-order chi connectivity index (χ1) is 7.13. The van der Waals surface area contributed by atoms with E-state index < -0.39 is 15.1 Å². The van der Waals surface area contributed by atoms with E-state index in [1.165, 1.54) is 6.20 Å². The summed E-state index contributed by atoms with van der Waals surface area (Å²) in [5, 5.41) is -0.613. The van der Waals surface area contributed by atoms with E-state index in [9.17, 15) is 13.2 Å². The third kappa shape index (κ3) is 1.94. The second-order valence-electron chi connectivity index (χ2n) is 3.53. The molecule has 1 aliphatic rings. The standard InChI is InChI=1S/C9H11NO4S/c11-4-3-7-6-10-9(14-7)8-2-1-5-15(8,12)13/h4,6,8H,1-3,5H2. The molecular formula is C9H11NO4S. The Labute approximate surface area is 87.4 Å². The SMILES string of the molecule is O=CCc1cnc(C2CCCS2(=O)=O)o1. The van der Waals surface area contributed by atoms with Crippen molar-refractivity contribution >= 4 is 16.1 Å². The number of oxazole rings is 1. The third-order valence-corrected chi connectivity index (χ3v) is 4.62. The fourth-order valence-corrected chi connectivity index (χ4v) is 3.51. The minimum atomic E-state index is -3.09. The largest absolute Gasteiger partial charge is 0.444 e. The molecule has 0 aromatic carbocycles. The molecule has 0 bridgehead atoms. The van der Waals surface area contributed by atoms with Crippen molar-refractivity contribution in [3.8, 4) is 0 Å². The zero-order chi connectivity index (χ0) is 10.9. The molecule has 2 heterocycles.